The fourth-order valence-electron chi connectivity index (χ4n) is 2.95. The molecule has 0 aliphatic carbocycles. The van der Waals surface area contributed by atoms with Crippen molar-refractivity contribution in [2.24, 2.45) is 5.73 Å². The van der Waals surface area contributed by atoms with Crippen LogP contribution in [0.2, 0.25) is 0 Å². The number of nitrogens with two attached hydrogens (primary N) is 1. The van der Waals surface area contributed by atoms with E-state index in [0.29, 0.717) is 36.9 Å². The lowest BCUT2D eigenvalue weighted by Gasteiger charge is -2.23. The highest BCUT2D eigenvalue weighted by molar-refractivity contribution is 5.79. The van der Waals surface area contributed by atoms with E-state index in [-0.39, 0.29) is 12.3 Å². The number of nitrogens with zero attached hydrogens (tertiary/aromatic N) is 1. The monoisotopic (exact) mass is 372 g/mol. The minimum Gasteiger partial charge on any atom is -0.493 e. The highest BCUT2D eigenvalue weighted by Gasteiger charge is 2.18. The molecule has 0 heterocycles. The standard InChI is InChI=1S/C21H28N2O4/c1-25-18-13-17(14-19(26-2)21(18)27-3)15-20(24)23(12-10-22)11-9-16-7-5-4-6-8-16/h4-8,13-14H,9-12,15,22H2,1-3H3. The van der Waals surface area contributed by atoms with Crippen LogP contribution in [0.15, 0.2) is 42.5 Å². The van der Waals surface area contributed by atoms with Gasteiger partial charge in [0.2, 0.25) is 11.7 Å². The first-order valence-corrected chi connectivity index (χ1v) is 8.93. The molecule has 27 heavy (non-hydrogen) atoms. The zero-order valence-electron chi connectivity index (χ0n) is 16.2. The van der Waals surface area contributed by atoms with Crippen molar-refractivity contribution in [2.75, 3.05) is 41.0 Å². The van der Waals surface area contributed by atoms with E-state index in [4.69, 9.17) is 19.9 Å². The van der Waals surface area contributed by atoms with E-state index in [0.717, 1.165) is 12.0 Å². The summed E-state index contributed by atoms with van der Waals surface area (Å²) in [4.78, 5) is 14.6. The van der Waals surface area contributed by atoms with Gasteiger partial charge in [-0.2, -0.15) is 0 Å². The molecule has 0 bridgehead atoms. The molecule has 0 fully saturated rings. The van der Waals surface area contributed by atoms with Crippen LogP contribution in [-0.2, 0) is 17.6 Å². The molecule has 0 unspecified atom stereocenters. The smallest absolute Gasteiger partial charge is 0.227 e. The zero-order chi connectivity index (χ0) is 19.6. The minimum absolute atomic E-state index is 0.0191. The molecule has 0 aromatic heterocycles. The SMILES string of the molecule is COc1cc(CC(=O)N(CCN)CCc2ccccc2)cc(OC)c1OC. The van der Waals surface area contributed by atoms with Crippen LogP contribution < -0.4 is 19.9 Å². The van der Waals surface area contributed by atoms with Crippen molar-refractivity contribution in [1.29, 1.82) is 0 Å². The first-order chi connectivity index (χ1) is 13.1. The van der Waals surface area contributed by atoms with Crippen molar-refractivity contribution in [2.45, 2.75) is 12.8 Å². The number of hydrogen-bond donors (Lipinski definition) is 1. The Morgan fingerprint density at radius 3 is 2.07 bits per heavy atom. The molecule has 2 aromatic rings. The van der Waals surface area contributed by atoms with Gasteiger partial charge in [0, 0.05) is 19.6 Å². The van der Waals surface area contributed by atoms with E-state index in [1.54, 1.807) is 38.4 Å². The van der Waals surface area contributed by atoms with Gasteiger partial charge in [-0.3, -0.25) is 4.79 Å². The normalized spacial score (nSPS) is 10.4. The molecule has 1 amide bonds. The molecule has 0 aliphatic heterocycles. The Kier molecular flexibility index (Phi) is 7.95. The van der Waals surface area contributed by atoms with Crippen molar-refractivity contribution in [3.05, 3.63) is 53.6 Å². The average molecular weight is 372 g/mol. The van der Waals surface area contributed by atoms with Crippen LogP contribution in [0.1, 0.15) is 11.1 Å². The van der Waals surface area contributed by atoms with Crippen molar-refractivity contribution in [3.63, 3.8) is 0 Å². The fourth-order valence-corrected chi connectivity index (χ4v) is 2.95. The number of carbonyl (C=O) groups excluding carboxylic acids is 1. The molecule has 0 aliphatic rings. The Hall–Kier alpha value is -2.73. The number of ether oxygens (including phenoxy) is 3. The highest BCUT2D eigenvalue weighted by Crippen LogP contribution is 2.38. The van der Waals surface area contributed by atoms with Crippen molar-refractivity contribution in [3.8, 4) is 17.2 Å². The second kappa shape index (κ2) is 10.4. The zero-order valence-corrected chi connectivity index (χ0v) is 16.2. The molecule has 0 atom stereocenters. The maximum atomic E-state index is 12.8. The summed E-state index contributed by atoms with van der Waals surface area (Å²) in [5.41, 5.74) is 7.70. The van der Waals surface area contributed by atoms with Gasteiger partial charge in [0.15, 0.2) is 11.5 Å². The molecule has 0 saturated carbocycles. The van der Waals surface area contributed by atoms with Crippen LogP contribution in [0.4, 0.5) is 0 Å². The first kappa shape index (κ1) is 20.6. The minimum atomic E-state index is 0.0191. The van der Waals surface area contributed by atoms with Gasteiger partial charge in [-0.1, -0.05) is 30.3 Å². The Bertz CT molecular complexity index is 709. The number of hydrogen-bond acceptors (Lipinski definition) is 5. The molecule has 2 rings (SSSR count). The molecule has 2 aromatic carbocycles. The molecule has 146 valence electrons. The Morgan fingerprint density at radius 1 is 0.926 bits per heavy atom. The summed E-state index contributed by atoms with van der Waals surface area (Å²) in [5, 5.41) is 0. The molecule has 6 heteroatoms. The Labute approximate surface area is 160 Å². The summed E-state index contributed by atoms with van der Waals surface area (Å²) < 4.78 is 16.1. The summed E-state index contributed by atoms with van der Waals surface area (Å²) in [5.74, 6) is 1.60. The summed E-state index contributed by atoms with van der Waals surface area (Å²) in [6, 6.07) is 13.7. The van der Waals surface area contributed by atoms with Gasteiger partial charge in [-0.05, 0) is 29.7 Å². The van der Waals surface area contributed by atoms with Gasteiger partial charge < -0.3 is 24.8 Å². The van der Waals surface area contributed by atoms with Gasteiger partial charge in [-0.25, -0.2) is 0 Å². The molecule has 2 N–H and O–H groups in total. The fraction of sp³-hybridized carbons (Fsp3) is 0.381. The van der Waals surface area contributed by atoms with Gasteiger partial charge in [0.05, 0.1) is 27.8 Å². The van der Waals surface area contributed by atoms with E-state index in [2.05, 4.69) is 12.1 Å². The molecule has 6 nitrogen and oxygen atoms in total. The van der Waals surface area contributed by atoms with Gasteiger partial charge in [-0.15, -0.1) is 0 Å². The largest absolute Gasteiger partial charge is 0.493 e. The number of amides is 1. The maximum absolute atomic E-state index is 12.8. The first-order valence-electron chi connectivity index (χ1n) is 8.93. The summed E-state index contributed by atoms with van der Waals surface area (Å²) in [7, 11) is 4.67. The second-order valence-corrected chi connectivity index (χ2v) is 6.12. The van der Waals surface area contributed by atoms with Gasteiger partial charge >= 0.3 is 0 Å². The number of carbonyl (C=O) groups is 1. The van der Waals surface area contributed by atoms with Crippen LogP contribution in [-0.4, -0.2) is 51.8 Å². The third kappa shape index (κ3) is 5.62. The van der Waals surface area contributed by atoms with E-state index >= 15 is 0 Å². The van der Waals surface area contributed by atoms with Crippen molar-refractivity contribution < 1.29 is 19.0 Å². The molecule has 0 radical (unpaired) electrons. The van der Waals surface area contributed by atoms with Crippen LogP contribution in [0, 0.1) is 0 Å². The Morgan fingerprint density at radius 2 is 1.56 bits per heavy atom. The third-order valence-corrected chi connectivity index (χ3v) is 4.34. The highest BCUT2D eigenvalue weighted by atomic mass is 16.5. The molecular weight excluding hydrogens is 344 g/mol. The van der Waals surface area contributed by atoms with E-state index < -0.39 is 0 Å². The number of methoxy groups -OCH3 is 3. The maximum Gasteiger partial charge on any atom is 0.227 e. The Balaban J connectivity index is 2.12. The molecular formula is C21H28N2O4. The van der Waals surface area contributed by atoms with Crippen LogP contribution in [0.3, 0.4) is 0 Å². The molecule has 0 spiro atoms. The molecule has 0 saturated heterocycles. The van der Waals surface area contributed by atoms with Crippen LogP contribution in [0.25, 0.3) is 0 Å². The van der Waals surface area contributed by atoms with E-state index in [1.807, 2.05) is 18.2 Å². The van der Waals surface area contributed by atoms with Gasteiger partial charge in [0.25, 0.3) is 0 Å². The second-order valence-electron chi connectivity index (χ2n) is 6.12. The average Bonchev–Trinajstić information content (AvgIpc) is 2.70. The lowest BCUT2D eigenvalue weighted by molar-refractivity contribution is -0.130. The van der Waals surface area contributed by atoms with Crippen LogP contribution in [0.5, 0.6) is 17.2 Å². The third-order valence-electron chi connectivity index (χ3n) is 4.34. The topological polar surface area (TPSA) is 74.0 Å². The van der Waals surface area contributed by atoms with Crippen LogP contribution >= 0.6 is 0 Å². The van der Waals surface area contributed by atoms with Crippen molar-refractivity contribution >= 4 is 5.91 Å². The summed E-state index contributed by atoms with van der Waals surface area (Å²) >= 11 is 0. The summed E-state index contributed by atoms with van der Waals surface area (Å²) in [6.45, 7) is 1.58. The summed E-state index contributed by atoms with van der Waals surface area (Å²) in [6.07, 6.45) is 1.04. The number of rotatable bonds is 10. The van der Waals surface area contributed by atoms with Gasteiger partial charge in [0.1, 0.15) is 0 Å². The predicted octanol–water partition coefficient (Wildman–Crippen LogP) is 2.28. The van der Waals surface area contributed by atoms with Crippen molar-refractivity contribution in [1.82, 2.24) is 4.90 Å². The lowest BCUT2D eigenvalue weighted by atomic mass is 10.1. The quantitative estimate of drug-likeness (QED) is 0.693. The van der Waals surface area contributed by atoms with E-state index in [1.165, 1.54) is 5.56 Å². The number of benzene rings is 2. The van der Waals surface area contributed by atoms with E-state index in [9.17, 15) is 4.79 Å². The predicted molar refractivity (Wildman–Crippen MR) is 106 cm³/mol. The lowest BCUT2D eigenvalue weighted by Crippen LogP contribution is -2.37.